The van der Waals surface area contributed by atoms with Crippen LogP contribution in [-0.4, -0.2) is 33.3 Å². The zero-order chi connectivity index (χ0) is 18.8. The lowest BCUT2D eigenvalue weighted by molar-refractivity contribution is 0.0698. The fraction of sp³-hybridized carbons (Fsp3) is 0.235. The van der Waals surface area contributed by atoms with Crippen molar-refractivity contribution in [2.75, 3.05) is 12.4 Å². The van der Waals surface area contributed by atoms with E-state index in [-0.39, 0.29) is 28.9 Å². The van der Waals surface area contributed by atoms with E-state index in [0.717, 1.165) is 5.69 Å². The highest BCUT2D eigenvalue weighted by Gasteiger charge is 2.26. The van der Waals surface area contributed by atoms with Crippen LogP contribution >= 0.6 is 0 Å². The number of carboxylic acids is 1. The van der Waals surface area contributed by atoms with Crippen LogP contribution in [-0.2, 0) is 0 Å². The molecule has 1 unspecified atom stereocenters. The molecule has 0 radical (unpaired) electrons. The second-order valence-corrected chi connectivity index (χ2v) is 5.71. The van der Waals surface area contributed by atoms with Gasteiger partial charge in [0.25, 0.3) is 0 Å². The lowest BCUT2D eigenvalue weighted by atomic mass is 10.1. The minimum Gasteiger partial charge on any atom is -0.494 e. The van der Waals surface area contributed by atoms with E-state index in [4.69, 9.17) is 9.26 Å². The average Bonchev–Trinajstić information content (AvgIpc) is 3.22. The van der Waals surface area contributed by atoms with Gasteiger partial charge in [0.05, 0.1) is 13.2 Å². The molecule has 1 atom stereocenters. The SMILES string of the molecule is COc1cc(-c2onc(NC(C)c3ncc(C)[nH]3)c2C(=O)O)ccc1F. The monoisotopic (exact) mass is 360 g/mol. The van der Waals surface area contributed by atoms with Crippen LogP contribution in [0.1, 0.15) is 34.8 Å². The number of benzene rings is 1. The minimum atomic E-state index is -1.23. The summed E-state index contributed by atoms with van der Waals surface area (Å²) in [6.45, 7) is 3.67. The van der Waals surface area contributed by atoms with Crippen molar-refractivity contribution in [2.45, 2.75) is 19.9 Å². The third-order valence-corrected chi connectivity index (χ3v) is 3.81. The van der Waals surface area contributed by atoms with E-state index in [0.29, 0.717) is 11.4 Å². The van der Waals surface area contributed by atoms with E-state index < -0.39 is 11.8 Å². The maximum Gasteiger partial charge on any atom is 0.343 e. The van der Waals surface area contributed by atoms with Crippen LogP contribution < -0.4 is 10.1 Å². The molecule has 2 aromatic heterocycles. The highest BCUT2D eigenvalue weighted by atomic mass is 19.1. The molecular formula is C17H17FN4O4. The van der Waals surface area contributed by atoms with Gasteiger partial charge in [-0.2, -0.15) is 0 Å². The first-order valence-corrected chi connectivity index (χ1v) is 7.75. The molecule has 0 bridgehead atoms. The van der Waals surface area contributed by atoms with Crippen molar-refractivity contribution in [3.63, 3.8) is 0 Å². The molecule has 9 heteroatoms. The summed E-state index contributed by atoms with van der Waals surface area (Å²) in [6.07, 6.45) is 1.67. The second-order valence-electron chi connectivity index (χ2n) is 5.71. The van der Waals surface area contributed by atoms with Gasteiger partial charge in [-0.05, 0) is 32.0 Å². The molecule has 3 rings (SSSR count). The van der Waals surface area contributed by atoms with E-state index >= 15 is 0 Å². The number of aryl methyl sites for hydroxylation is 1. The van der Waals surface area contributed by atoms with Gasteiger partial charge in [-0.25, -0.2) is 14.2 Å². The number of aromatic carboxylic acids is 1. The van der Waals surface area contributed by atoms with Crippen molar-refractivity contribution < 1.29 is 23.6 Å². The number of aromatic amines is 1. The summed E-state index contributed by atoms with van der Waals surface area (Å²) >= 11 is 0. The summed E-state index contributed by atoms with van der Waals surface area (Å²) in [5, 5.41) is 16.4. The number of nitrogens with zero attached hydrogens (tertiary/aromatic N) is 2. The van der Waals surface area contributed by atoms with Crippen LogP contribution in [0.15, 0.2) is 28.9 Å². The molecule has 0 saturated carbocycles. The van der Waals surface area contributed by atoms with E-state index in [2.05, 4.69) is 20.4 Å². The molecule has 1 aromatic carbocycles. The predicted octanol–water partition coefficient (Wildman–Crippen LogP) is 3.39. The molecule has 26 heavy (non-hydrogen) atoms. The fourth-order valence-electron chi connectivity index (χ4n) is 2.51. The number of ether oxygens (including phenoxy) is 1. The molecule has 3 N–H and O–H groups in total. The van der Waals surface area contributed by atoms with Gasteiger partial charge in [0.2, 0.25) is 0 Å². The van der Waals surface area contributed by atoms with Gasteiger partial charge in [0.15, 0.2) is 28.7 Å². The van der Waals surface area contributed by atoms with Crippen molar-refractivity contribution in [1.82, 2.24) is 15.1 Å². The van der Waals surface area contributed by atoms with Crippen molar-refractivity contribution in [2.24, 2.45) is 0 Å². The number of hydrogen-bond donors (Lipinski definition) is 3. The molecule has 136 valence electrons. The predicted molar refractivity (Wildman–Crippen MR) is 90.8 cm³/mol. The lowest BCUT2D eigenvalue weighted by Crippen LogP contribution is -2.12. The molecular weight excluding hydrogens is 343 g/mol. The number of halogens is 1. The smallest absolute Gasteiger partial charge is 0.343 e. The van der Waals surface area contributed by atoms with Crippen molar-refractivity contribution >= 4 is 11.8 Å². The van der Waals surface area contributed by atoms with E-state index in [1.165, 1.54) is 25.3 Å². The summed E-state index contributed by atoms with van der Waals surface area (Å²) in [5.74, 6) is -1.13. The summed E-state index contributed by atoms with van der Waals surface area (Å²) < 4.78 is 23.8. The number of carbonyl (C=O) groups is 1. The molecule has 0 saturated heterocycles. The normalized spacial score (nSPS) is 12.0. The van der Waals surface area contributed by atoms with Crippen LogP contribution in [0.25, 0.3) is 11.3 Å². The number of anilines is 1. The van der Waals surface area contributed by atoms with Crippen LogP contribution in [0.2, 0.25) is 0 Å². The van der Waals surface area contributed by atoms with Gasteiger partial charge < -0.3 is 24.7 Å². The zero-order valence-corrected chi connectivity index (χ0v) is 14.3. The highest BCUT2D eigenvalue weighted by Crippen LogP contribution is 2.33. The summed E-state index contributed by atoms with van der Waals surface area (Å²) in [7, 11) is 1.32. The van der Waals surface area contributed by atoms with Gasteiger partial charge >= 0.3 is 5.97 Å². The van der Waals surface area contributed by atoms with Gasteiger partial charge in [-0.3, -0.25) is 0 Å². The largest absolute Gasteiger partial charge is 0.494 e. The topological polar surface area (TPSA) is 113 Å². The quantitative estimate of drug-likeness (QED) is 0.617. The number of nitrogens with one attached hydrogen (secondary N) is 2. The van der Waals surface area contributed by atoms with E-state index in [1.54, 1.807) is 13.1 Å². The molecule has 0 aliphatic rings. The number of aromatic nitrogens is 3. The first-order chi connectivity index (χ1) is 12.4. The van der Waals surface area contributed by atoms with Gasteiger partial charge in [-0.1, -0.05) is 5.16 Å². The van der Waals surface area contributed by atoms with Crippen LogP contribution in [0.4, 0.5) is 10.2 Å². The molecule has 0 amide bonds. The van der Waals surface area contributed by atoms with Crippen molar-refractivity contribution in [1.29, 1.82) is 0 Å². The lowest BCUT2D eigenvalue weighted by Gasteiger charge is -2.10. The first kappa shape index (κ1) is 17.5. The second kappa shape index (κ2) is 6.87. The number of hydrogen-bond acceptors (Lipinski definition) is 6. The van der Waals surface area contributed by atoms with E-state index in [1.807, 2.05) is 6.92 Å². The Balaban J connectivity index is 1.97. The Kier molecular flexibility index (Phi) is 4.61. The Morgan fingerprint density at radius 2 is 2.23 bits per heavy atom. The van der Waals surface area contributed by atoms with Gasteiger partial charge in [0.1, 0.15) is 5.82 Å². The molecule has 0 spiro atoms. The molecule has 2 heterocycles. The molecule has 3 aromatic rings. The van der Waals surface area contributed by atoms with Crippen molar-refractivity contribution in [3.8, 4) is 17.1 Å². The average molecular weight is 360 g/mol. The zero-order valence-electron chi connectivity index (χ0n) is 14.3. The number of imidazole rings is 1. The Labute approximate surface area is 148 Å². The Bertz CT molecular complexity index is 950. The number of methoxy groups -OCH3 is 1. The maximum absolute atomic E-state index is 13.6. The highest BCUT2D eigenvalue weighted by molar-refractivity contribution is 5.99. The van der Waals surface area contributed by atoms with E-state index in [9.17, 15) is 14.3 Å². The first-order valence-electron chi connectivity index (χ1n) is 7.75. The summed E-state index contributed by atoms with van der Waals surface area (Å²) in [5.41, 5.74) is 1.06. The third kappa shape index (κ3) is 3.23. The van der Waals surface area contributed by atoms with Crippen LogP contribution in [0, 0.1) is 12.7 Å². The third-order valence-electron chi connectivity index (χ3n) is 3.81. The standard InChI is InChI=1S/C17H17FN4O4/c1-8-7-19-15(20-8)9(2)21-16-13(17(23)24)14(26-22-16)10-4-5-11(18)12(6-10)25-3/h4-7,9H,1-3H3,(H,19,20)(H,21,22)(H,23,24). The van der Waals surface area contributed by atoms with Gasteiger partial charge in [0, 0.05) is 17.5 Å². The van der Waals surface area contributed by atoms with Crippen LogP contribution in [0.3, 0.4) is 0 Å². The Hall–Kier alpha value is -3.36. The minimum absolute atomic E-state index is 0.00104. The summed E-state index contributed by atoms with van der Waals surface area (Å²) in [6, 6.07) is 3.59. The summed E-state index contributed by atoms with van der Waals surface area (Å²) in [4.78, 5) is 19.0. The Morgan fingerprint density at radius 3 is 2.85 bits per heavy atom. The maximum atomic E-state index is 13.6. The Morgan fingerprint density at radius 1 is 1.46 bits per heavy atom. The number of carboxylic acid groups (broad SMARTS) is 1. The molecule has 0 aliphatic carbocycles. The molecule has 8 nitrogen and oxygen atoms in total. The van der Waals surface area contributed by atoms with Gasteiger partial charge in [-0.15, -0.1) is 0 Å². The van der Waals surface area contributed by atoms with Crippen LogP contribution in [0.5, 0.6) is 5.75 Å². The number of rotatable bonds is 6. The molecule has 0 fully saturated rings. The fourth-order valence-corrected chi connectivity index (χ4v) is 2.51. The number of H-pyrrole nitrogens is 1. The van der Waals surface area contributed by atoms with Crippen molar-refractivity contribution in [3.05, 3.63) is 47.3 Å². The molecule has 0 aliphatic heterocycles.